The van der Waals surface area contributed by atoms with Gasteiger partial charge in [0.05, 0.1) is 0 Å². The molecule has 0 aromatic heterocycles. The number of rotatable bonds is 2. The molecule has 24 heavy (non-hydrogen) atoms. The molecule has 2 fully saturated rings. The molecule has 0 spiro atoms. The Balaban J connectivity index is 1.52. The zero-order valence-corrected chi connectivity index (χ0v) is 14.8. The van der Waals surface area contributed by atoms with Gasteiger partial charge in [0.1, 0.15) is 0 Å². The number of nitrogens with zero attached hydrogens (tertiary/aromatic N) is 3. The van der Waals surface area contributed by atoms with Crippen LogP contribution in [0.25, 0.3) is 0 Å². The van der Waals surface area contributed by atoms with Crippen molar-refractivity contribution in [1.82, 2.24) is 14.7 Å². The quantitative estimate of drug-likeness (QED) is 0.820. The summed E-state index contributed by atoms with van der Waals surface area (Å²) in [6.07, 6.45) is 1.51. The van der Waals surface area contributed by atoms with E-state index in [0.717, 1.165) is 39.0 Å². The molecule has 2 amide bonds. The fourth-order valence-electron chi connectivity index (χ4n) is 3.39. The van der Waals surface area contributed by atoms with Crippen LogP contribution in [0.5, 0.6) is 0 Å². The van der Waals surface area contributed by atoms with Crippen LogP contribution in [0.15, 0.2) is 24.3 Å². The Morgan fingerprint density at radius 3 is 2.08 bits per heavy atom. The first-order chi connectivity index (χ1) is 11.5. The highest BCUT2D eigenvalue weighted by Gasteiger charge is 2.31. The SMILES string of the molecule is CN1CCN(C(=O)C2CCN(C(=O)c3ccc(Cl)cc3)CC2)CC1. The number of piperazine rings is 1. The van der Waals surface area contributed by atoms with Crippen molar-refractivity contribution in [2.45, 2.75) is 12.8 Å². The lowest BCUT2D eigenvalue weighted by Crippen LogP contribution is -2.51. The molecule has 0 N–H and O–H groups in total. The Bertz CT molecular complexity index is 589. The second kappa shape index (κ2) is 7.53. The summed E-state index contributed by atoms with van der Waals surface area (Å²) in [5.41, 5.74) is 0.656. The normalized spacial score (nSPS) is 20.2. The zero-order chi connectivity index (χ0) is 17.1. The van der Waals surface area contributed by atoms with Gasteiger partial charge in [-0.1, -0.05) is 11.6 Å². The van der Waals surface area contributed by atoms with Crippen molar-refractivity contribution in [1.29, 1.82) is 0 Å². The van der Waals surface area contributed by atoms with Gasteiger partial charge in [0.25, 0.3) is 5.91 Å². The van der Waals surface area contributed by atoms with Crippen LogP contribution in [0.4, 0.5) is 0 Å². The van der Waals surface area contributed by atoms with Crippen LogP contribution < -0.4 is 0 Å². The van der Waals surface area contributed by atoms with E-state index in [-0.39, 0.29) is 17.7 Å². The molecule has 2 heterocycles. The number of piperidine rings is 1. The number of hydrogen-bond donors (Lipinski definition) is 0. The molecule has 1 aromatic rings. The van der Waals surface area contributed by atoms with Gasteiger partial charge in [-0.05, 0) is 44.2 Å². The maximum Gasteiger partial charge on any atom is 0.253 e. The first kappa shape index (κ1) is 17.2. The van der Waals surface area contributed by atoms with Crippen LogP contribution in [-0.2, 0) is 4.79 Å². The van der Waals surface area contributed by atoms with Gasteiger partial charge in [-0.15, -0.1) is 0 Å². The van der Waals surface area contributed by atoms with Crippen molar-refractivity contribution < 1.29 is 9.59 Å². The maximum absolute atomic E-state index is 12.6. The summed E-state index contributed by atoms with van der Waals surface area (Å²) in [6.45, 7) is 4.81. The number of halogens is 1. The standard InChI is InChI=1S/C18H24ClN3O2/c1-20-10-12-22(13-11-20)18(24)15-6-8-21(9-7-15)17(23)14-2-4-16(19)5-3-14/h2-5,15H,6-13H2,1H3. The van der Waals surface area contributed by atoms with Crippen LogP contribution in [0, 0.1) is 5.92 Å². The molecule has 0 unspecified atom stereocenters. The summed E-state index contributed by atoms with van der Waals surface area (Å²) >= 11 is 5.87. The zero-order valence-electron chi connectivity index (χ0n) is 14.1. The summed E-state index contributed by atoms with van der Waals surface area (Å²) in [5, 5.41) is 0.628. The van der Waals surface area contributed by atoms with E-state index < -0.39 is 0 Å². The van der Waals surface area contributed by atoms with Gasteiger partial charge in [0.2, 0.25) is 5.91 Å². The molecule has 0 bridgehead atoms. The molecule has 0 saturated carbocycles. The van der Waals surface area contributed by atoms with Crippen LogP contribution >= 0.6 is 11.6 Å². The van der Waals surface area contributed by atoms with Gasteiger partial charge in [0, 0.05) is 55.8 Å². The highest BCUT2D eigenvalue weighted by atomic mass is 35.5. The monoisotopic (exact) mass is 349 g/mol. The maximum atomic E-state index is 12.6. The smallest absolute Gasteiger partial charge is 0.253 e. The van der Waals surface area contributed by atoms with E-state index >= 15 is 0 Å². The molecule has 5 nitrogen and oxygen atoms in total. The number of carbonyl (C=O) groups excluding carboxylic acids is 2. The van der Waals surface area contributed by atoms with Gasteiger partial charge < -0.3 is 14.7 Å². The van der Waals surface area contributed by atoms with E-state index in [2.05, 4.69) is 11.9 Å². The molecule has 130 valence electrons. The van der Waals surface area contributed by atoms with Crippen LogP contribution in [-0.4, -0.2) is 72.8 Å². The number of carbonyl (C=O) groups is 2. The average Bonchev–Trinajstić information content (AvgIpc) is 2.62. The van der Waals surface area contributed by atoms with Crippen molar-refractivity contribution >= 4 is 23.4 Å². The minimum absolute atomic E-state index is 0.0252. The third-order valence-electron chi connectivity index (χ3n) is 5.04. The average molecular weight is 350 g/mol. The third kappa shape index (κ3) is 3.90. The fraction of sp³-hybridized carbons (Fsp3) is 0.556. The Labute approximate surface area is 148 Å². The first-order valence-corrected chi connectivity index (χ1v) is 8.94. The summed E-state index contributed by atoms with van der Waals surface area (Å²) in [7, 11) is 2.09. The Hall–Kier alpha value is -1.59. The summed E-state index contributed by atoms with van der Waals surface area (Å²) in [4.78, 5) is 31.2. The second-order valence-electron chi connectivity index (χ2n) is 6.70. The molecule has 2 saturated heterocycles. The lowest BCUT2D eigenvalue weighted by molar-refractivity contribution is -0.138. The third-order valence-corrected chi connectivity index (χ3v) is 5.29. The van der Waals surface area contributed by atoms with E-state index in [0.29, 0.717) is 23.7 Å². The Morgan fingerprint density at radius 1 is 0.917 bits per heavy atom. The van der Waals surface area contributed by atoms with E-state index in [9.17, 15) is 9.59 Å². The number of benzene rings is 1. The number of hydrogen-bond acceptors (Lipinski definition) is 3. The molecule has 2 aliphatic heterocycles. The van der Waals surface area contributed by atoms with E-state index in [1.54, 1.807) is 24.3 Å². The molecule has 0 aliphatic carbocycles. The Kier molecular flexibility index (Phi) is 5.41. The highest BCUT2D eigenvalue weighted by molar-refractivity contribution is 6.30. The van der Waals surface area contributed by atoms with Crippen molar-refractivity contribution in [2.24, 2.45) is 5.92 Å². The van der Waals surface area contributed by atoms with E-state index in [1.807, 2.05) is 9.80 Å². The summed E-state index contributed by atoms with van der Waals surface area (Å²) in [5.74, 6) is 0.349. The summed E-state index contributed by atoms with van der Waals surface area (Å²) < 4.78 is 0. The van der Waals surface area contributed by atoms with E-state index in [4.69, 9.17) is 11.6 Å². The van der Waals surface area contributed by atoms with Crippen molar-refractivity contribution in [3.05, 3.63) is 34.9 Å². The van der Waals surface area contributed by atoms with Crippen LogP contribution in [0.1, 0.15) is 23.2 Å². The number of amides is 2. The second-order valence-corrected chi connectivity index (χ2v) is 7.14. The minimum atomic E-state index is 0.0252. The number of likely N-dealkylation sites (tertiary alicyclic amines) is 1. The van der Waals surface area contributed by atoms with Crippen LogP contribution in [0.3, 0.4) is 0 Å². The van der Waals surface area contributed by atoms with E-state index in [1.165, 1.54) is 0 Å². The van der Waals surface area contributed by atoms with Gasteiger partial charge in [0.15, 0.2) is 0 Å². The topological polar surface area (TPSA) is 43.9 Å². The molecule has 0 atom stereocenters. The minimum Gasteiger partial charge on any atom is -0.340 e. The first-order valence-electron chi connectivity index (χ1n) is 8.57. The molecular weight excluding hydrogens is 326 g/mol. The highest BCUT2D eigenvalue weighted by Crippen LogP contribution is 2.22. The van der Waals surface area contributed by atoms with Crippen molar-refractivity contribution in [3.63, 3.8) is 0 Å². The predicted molar refractivity (Wildman–Crippen MR) is 94.2 cm³/mol. The predicted octanol–water partition coefficient (Wildman–Crippen LogP) is 1.97. The number of likely N-dealkylation sites (N-methyl/N-ethyl adjacent to an activating group) is 1. The van der Waals surface area contributed by atoms with Crippen molar-refractivity contribution in [3.8, 4) is 0 Å². The molecule has 2 aliphatic rings. The van der Waals surface area contributed by atoms with Crippen LogP contribution in [0.2, 0.25) is 5.02 Å². The lowest BCUT2D eigenvalue weighted by Gasteiger charge is -2.37. The molecule has 1 aromatic carbocycles. The van der Waals surface area contributed by atoms with Gasteiger partial charge in [-0.3, -0.25) is 9.59 Å². The molecule has 0 radical (unpaired) electrons. The van der Waals surface area contributed by atoms with Gasteiger partial charge in [-0.2, -0.15) is 0 Å². The molecular formula is C18H24ClN3O2. The summed E-state index contributed by atoms with van der Waals surface area (Å²) in [6, 6.07) is 6.98. The molecule has 3 rings (SSSR count). The lowest BCUT2D eigenvalue weighted by atomic mass is 9.94. The van der Waals surface area contributed by atoms with Gasteiger partial charge >= 0.3 is 0 Å². The largest absolute Gasteiger partial charge is 0.340 e. The van der Waals surface area contributed by atoms with Crippen molar-refractivity contribution in [2.75, 3.05) is 46.3 Å². The van der Waals surface area contributed by atoms with Gasteiger partial charge in [-0.25, -0.2) is 0 Å². The molecule has 6 heteroatoms. The Morgan fingerprint density at radius 2 is 1.50 bits per heavy atom. The fourth-order valence-corrected chi connectivity index (χ4v) is 3.52.